The van der Waals surface area contributed by atoms with Crippen molar-refractivity contribution in [3.8, 4) is 0 Å². The smallest absolute Gasteiger partial charge is 0.261 e. The van der Waals surface area contributed by atoms with Gasteiger partial charge < -0.3 is 4.90 Å². The van der Waals surface area contributed by atoms with Gasteiger partial charge in [-0.2, -0.15) is 0 Å². The zero-order chi connectivity index (χ0) is 20.2. The fourth-order valence-electron chi connectivity index (χ4n) is 3.48. The van der Waals surface area contributed by atoms with Crippen molar-refractivity contribution in [3.63, 3.8) is 0 Å². The zero-order valence-electron chi connectivity index (χ0n) is 15.8. The topological polar surface area (TPSA) is 57.7 Å². The van der Waals surface area contributed by atoms with E-state index in [2.05, 4.69) is 0 Å². The minimum Gasteiger partial charge on any atom is -0.308 e. The molecule has 1 aliphatic heterocycles. The lowest BCUT2D eigenvalue weighted by Crippen LogP contribution is -2.36. The van der Waals surface area contributed by atoms with E-state index in [-0.39, 0.29) is 30.7 Å². The number of para-hydroxylation sites is 1. The molecule has 144 valence electrons. The fraction of sp³-hybridized carbons (Fsp3) is 0.125. The van der Waals surface area contributed by atoms with Crippen LogP contribution in [0, 0.1) is 0 Å². The minimum atomic E-state index is -0.340. The summed E-state index contributed by atoms with van der Waals surface area (Å²) < 4.78 is 0. The van der Waals surface area contributed by atoms with Crippen LogP contribution in [0.15, 0.2) is 84.9 Å². The highest BCUT2D eigenvalue weighted by Gasteiger charge is 2.35. The van der Waals surface area contributed by atoms with Gasteiger partial charge in [0.2, 0.25) is 5.91 Å². The van der Waals surface area contributed by atoms with Crippen LogP contribution in [0.2, 0.25) is 0 Å². The molecule has 3 amide bonds. The average Bonchev–Trinajstić information content (AvgIpc) is 3.02. The maximum Gasteiger partial charge on any atom is 0.261 e. The van der Waals surface area contributed by atoms with Crippen molar-refractivity contribution in [2.75, 3.05) is 11.4 Å². The summed E-state index contributed by atoms with van der Waals surface area (Å²) in [5, 5.41) is 0. The van der Waals surface area contributed by atoms with Crippen LogP contribution in [-0.4, -0.2) is 29.2 Å². The first-order valence-electron chi connectivity index (χ1n) is 9.50. The summed E-state index contributed by atoms with van der Waals surface area (Å²) >= 11 is 0. The molecule has 0 aromatic heterocycles. The molecule has 0 aliphatic carbocycles. The molecule has 0 saturated heterocycles. The lowest BCUT2D eigenvalue weighted by atomic mass is 10.1. The standard InChI is InChI=1S/C24H20N2O3/c27-22(15-16-25-23(28)20-13-7-8-14-21(20)24(25)29)26(19-11-5-2-6-12-19)17-18-9-3-1-4-10-18/h1-14H,15-17H2. The van der Waals surface area contributed by atoms with E-state index in [1.807, 2.05) is 60.7 Å². The number of amides is 3. The summed E-state index contributed by atoms with van der Waals surface area (Å²) in [6.07, 6.45) is 0.0627. The molecule has 1 aliphatic rings. The summed E-state index contributed by atoms with van der Waals surface area (Å²) in [5.41, 5.74) is 2.58. The number of benzene rings is 3. The maximum atomic E-state index is 13.1. The largest absolute Gasteiger partial charge is 0.308 e. The Morgan fingerprint density at radius 3 is 1.83 bits per heavy atom. The van der Waals surface area contributed by atoms with Crippen LogP contribution in [0.5, 0.6) is 0 Å². The number of nitrogens with zero attached hydrogens (tertiary/aromatic N) is 2. The van der Waals surface area contributed by atoms with Crippen molar-refractivity contribution in [1.82, 2.24) is 4.90 Å². The van der Waals surface area contributed by atoms with Gasteiger partial charge in [-0.25, -0.2) is 0 Å². The van der Waals surface area contributed by atoms with Crippen LogP contribution >= 0.6 is 0 Å². The highest BCUT2D eigenvalue weighted by atomic mass is 16.2. The van der Waals surface area contributed by atoms with Gasteiger partial charge in [-0.1, -0.05) is 60.7 Å². The second-order valence-corrected chi connectivity index (χ2v) is 6.86. The number of carbonyl (C=O) groups excluding carboxylic acids is 3. The number of hydrogen-bond acceptors (Lipinski definition) is 3. The SMILES string of the molecule is O=C1c2ccccc2C(=O)N1CCC(=O)N(Cc1ccccc1)c1ccccc1. The van der Waals surface area contributed by atoms with E-state index in [9.17, 15) is 14.4 Å². The van der Waals surface area contributed by atoms with Crippen molar-refractivity contribution >= 4 is 23.4 Å². The first-order chi connectivity index (χ1) is 14.1. The second-order valence-electron chi connectivity index (χ2n) is 6.86. The molecule has 0 fully saturated rings. The first-order valence-corrected chi connectivity index (χ1v) is 9.50. The molecule has 0 bridgehead atoms. The molecule has 0 atom stereocenters. The Kier molecular flexibility index (Phi) is 5.20. The molecule has 5 heteroatoms. The van der Waals surface area contributed by atoms with Crippen LogP contribution < -0.4 is 4.90 Å². The third kappa shape index (κ3) is 3.80. The third-order valence-corrected chi connectivity index (χ3v) is 4.98. The molecule has 0 unspecified atom stereocenters. The van der Waals surface area contributed by atoms with Crippen molar-refractivity contribution in [3.05, 3.63) is 102 Å². The van der Waals surface area contributed by atoms with E-state index in [1.54, 1.807) is 29.2 Å². The summed E-state index contributed by atoms with van der Waals surface area (Å²) in [5.74, 6) is -0.822. The molecule has 0 radical (unpaired) electrons. The molecule has 1 heterocycles. The van der Waals surface area contributed by atoms with E-state index in [0.717, 1.165) is 16.2 Å². The summed E-state index contributed by atoms with van der Waals surface area (Å²) in [6.45, 7) is 0.481. The Labute approximate surface area is 169 Å². The molecule has 3 aromatic carbocycles. The Bertz CT molecular complexity index is 1010. The molecular weight excluding hydrogens is 364 g/mol. The number of imide groups is 1. The summed E-state index contributed by atoms with van der Waals surface area (Å²) in [6, 6.07) is 25.9. The van der Waals surface area contributed by atoms with Crippen molar-refractivity contribution in [2.45, 2.75) is 13.0 Å². The van der Waals surface area contributed by atoms with Crippen LogP contribution in [0.4, 0.5) is 5.69 Å². The van der Waals surface area contributed by atoms with Gasteiger partial charge in [-0.3, -0.25) is 19.3 Å². The van der Waals surface area contributed by atoms with Gasteiger partial charge >= 0.3 is 0 Å². The molecule has 4 rings (SSSR count). The third-order valence-electron chi connectivity index (χ3n) is 4.98. The number of fused-ring (bicyclic) bond motifs is 1. The van der Waals surface area contributed by atoms with Crippen LogP contribution in [0.3, 0.4) is 0 Å². The lowest BCUT2D eigenvalue weighted by molar-refractivity contribution is -0.118. The monoisotopic (exact) mass is 384 g/mol. The lowest BCUT2D eigenvalue weighted by Gasteiger charge is -2.24. The fourth-order valence-corrected chi connectivity index (χ4v) is 3.48. The minimum absolute atomic E-state index is 0.0588. The predicted molar refractivity (Wildman–Crippen MR) is 110 cm³/mol. The Hall–Kier alpha value is -3.73. The van der Waals surface area contributed by atoms with E-state index < -0.39 is 0 Å². The number of carbonyl (C=O) groups is 3. The second kappa shape index (κ2) is 8.10. The molecule has 0 saturated carbocycles. The van der Waals surface area contributed by atoms with Gasteiger partial charge in [0.1, 0.15) is 0 Å². The van der Waals surface area contributed by atoms with Gasteiger partial charge in [-0.15, -0.1) is 0 Å². The molecule has 0 spiro atoms. The van der Waals surface area contributed by atoms with E-state index in [0.29, 0.717) is 17.7 Å². The predicted octanol–water partition coefficient (Wildman–Crippen LogP) is 3.91. The Balaban J connectivity index is 1.50. The van der Waals surface area contributed by atoms with E-state index >= 15 is 0 Å². The van der Waals surface area contributed by atoms with Crippen molar-refractivity contribution < 1.29 is 14.4 Å². The zero-order valence-corrected chi connectivity index (χ0v) is 15.8. The highest BCUT2D eigenvalue weighted by molar-refractivity contribution is 6.21. The molecule has 3 aromatic rings. The summed E-state index contributed by atoms with van der Waals surface area (Å²) in [7, 11) is 0. The average molecular weight is 384 g/mol. The number of rotatable bonds is 6. The van der Waals surface area contributed by atoms with Gasteiger partial charge in [0.05, 0.1) is 17.7 Å². The van der Waals surface area contributed by atoms with Gasteiger partial charge in [0.25, 0.3) is 11.8 Å². The maximum absolute atomic E-state index is 13.1. The van der Waals surface area contributed by atoms with Gasteiger partial charge in [0.15, 0.2) is 0 Å². The normalized spacial score (nSPS) is 12.8. The Morgan fingerprint density at radius 2 is 1.24 bits per heavy atom. The van der Waals surface area contributed by atoms with E-state index in [1.165, 1.54) is 0 Å². The van der Waals surface area contributed by atoms with E-state index in [4.69, 9.17) is 0 Å². The highest BCUT2D eigenvalue weighted by Crippen LogP contribution is 2.23. The molecule has 0 N–H and O–H groups in total. The van der Waals surface area contributed by atoms with Crippen molar-refractivity contribution in [1.29, 1.82) is 0 Å². The number of anilines is 1. The van der Waals surface area contributed by atoms with Crippen LogP contribution in [0.1, 0.15) is 32.7 Å². The summed E-state index contributed by atoms with van der Waals surface area (Å²) in [4.78, 5) is 41.0. The Morgan fingerprint density at radius 1 is 0.724 bits per heavy atom. The van der Waals surface area contributed by atoms with Crippen LogP contribution in [-0.2, 0) is 11.3 Å². The molecule has 5 nitrogen and oxygen atoms in total. The number of hydrogen-bond donors (Lipinski definition) is 0. The van der Waals surface area contributed by atoms with Gasteiger partial charge in [-0.05, 0) is 29.8 Å². The molecule has 29 heavy (non-hydrogen) atoms. The van der Waals surface area contributed by atoms with Crippen molar-refractivity contribution in [2.24, 2.45) is 0 Å². The molecular formula is C24H20N2O3. The van der Waals surface area contributed by atoms with Gasteiger partial charge in [0, 0.05) is 18.7 Å². The quantitative estimate of drug-likeness (QED) is 0.606. The first kappa shape index (κ1) is 18.6. The van der Waals surface area contributed by atoms with Crippen LogP contribution in [0.25, 0.3) is 0 Å².